The van der Waals surface area contributed by atoms with Crippen LogP contribution in [0.5, 0.6) is 0 Å². The van der Waals surface area contributed by atoms with Gasteiger partial charge < -0.3 is 10.6 Å². The Bertz CT molecular complexity index is 785. The number of rotatable bonds is 5. The van der Waals surface area contributed by atoms with Crippen LogP contribution in [-0.4, -0.2) is 39.1 Å². The maximum absolute atomic E-state index is 4.22. The molecule has 0 radical (unpaired) electrons. The Hall–Kier alpha value is -2.23. The first-order valence-electron chi connectivity index (χ1n) is 7.49. The molecule has 8 heteroatoms. The lowest BCUT2D eigenvalue weighted by Gasteiger charge is -2.11. The molecule has 0 saturated carbocycles. The maximum atomic E-state index is 4.22. The summed E-state index contributed by atoms with van der Waals surface area (Å²) in [4.78, 5) is 8.33. The van der Waals surface area contributed by atoms with E-state index in [0.29, 0.717) is 6.54 Å². The number of nitrogens with one attached hydrogen (secondary N) is 2. The molecule has 7 nitrogen and oxygen atoms in total. The Balaban J connectivity index is 0.00000208. The number of aliphatic imine (C=N–C) groups is 1. The molecule has 0 spiro atoms. The zero-order chi connectivity index (χ0) is 15.9. The molecule has 0 aliphatic rings. The van der Waals surface area contributed by atoms with Crippen molar-refractivity contribution in [2.24, 2.45) is 4.99 Å². The maximum Gasteiger partial charge on any atom is 0.191 e. The van der Waals surface area contributed by atoms with Gasteiger partial charge in [-0.3, -0.25) is 14.4 Å². The number of hydrogen-bond acceptors (Lipinski definition) is 4. The molecule has 0 saturated heterocycles. The number of pyridine rings is 2. The van der Waals surface area contributed by atoms with E-state index < -0.39 is 0 Å². The van der Waals surface area contributed by atoms with E-state index in [0.717, 1.165) is 30.4 Å². The number of halogens is 1. The Morgan fingerprint density at radius 2 is 2.08 bits per heavy atom. The molecule has 0 bridgehead atoms. The second kappa shape index (κ2) is 9.16. The van der Waals surface area contributed by atoms with Crippen LogP contribution in [0.3, 0.4) is 0 Å². The highest BCUT2D eigenvalue weighted by molar-refractivity contribution is 14.0. The Kier molecular flexibility index (Phi) is 6.91. The van der Waals surface area contributed by atoms with Crippen LogP contribution in [0.25, 0.3) is 5.65 Å². The zero-order valence-electron chi connectivity index (χ0n) is 13.4. The number of aromatic nitrogens is 4. The van der Waals surface area contributed by atoms with Gasteiger partial charge in [0.15, 0.2) is 17.4 Å². The van der Waals surface area contributed by atoms with Gasteiger partial charge in [-0.1, -0.05) is 12.1 Å². The molecule has 3 aromatic rings. The average molecular weight is 437 g/mol. The molecule has 0 atom stereocenters. The smallest absolute Gasteiger partial charge is 0.191 e. The van der Waals surface area contributed by atoms with Gasteiger partial charge in [-0.25, -0.2) is 0 Å². The van der Waals surface area contributed by atoms with Crippen LogP contribution in [-0.2, 0) is 13.0 Å². The molecular formula is C16H20IN7. The lowest BCUT2D eigenvalue weighted by atomic mass is 10.2. The predicted octanol–water partition coefficient (Wildman–Crippen LogP) is 1.65. The summed E-state index contributed by atoms with van der Waals surface area (Å²) in [5, 5.41) is 14.9. The average Bonchev–Trinajstić information content (AvgIpc) is 3.02. The highest BCUT2D eigenvalue weighted by Gasteiger charge is 2.05. The van der Waals surface area contributed by atoms with Crippen LogP contribution in [0.1, 0.15) is 11.4 Å². The van der Waals surface area contributed by atoms with E-state index in [4.69, 9.17) is 0 Å². The van der Waals surface area contributed by atoms with Crippen molar-refractivity contribution in [2.45, 2.75) is 13.0 Å². The van der Waals surface area contributed by atoms with E-state index in [1.54, 1.807) is 13.2 Å². The van der Waals surface area contributed by atoms with Gasteiger partial charge in [0.2, 0.25) is 0 Å². The molecular weight excluding hydrogens is 417 g/mol. The van der Waals surface area contributed by atoms with E-state index in [-0.39, 0.29) is 24.0 Å². The first kappa shape index (κ1) is 18.1. The standard InChI is InChI=1S/C16H19N7.HI/c1-17-16(19-9-7-13-5-4-8-18-11-13)20-12-15-22-21-14-6-2-3-10-23(14)15;/h2-6,8,10-11H,7,9,12H2,1H3,(H2,17,19,20);1H. The normalized spacial score (nSPS) is 11.1. The summed E-state index contributed by atoms with van der Waals surface area (Å²) in [5.41, 5.74) is 2.03. The van der Waals surface area contributed by atoms with Gasteiger partial charge in [0.1, 0.15) is 0 Å². The van der Waals surface area contributed by atoms with Crippen molar-refractivity contribution in [3.05, 3.63) is 60.3 Å². The molecule has 3 rings (SSSR count). The third-order valence-corrected chi connectivity index (χ3v) is 3.45. The molecule has 2 N–H and O–H groups in total. The van der Waals surface area contributed by atoms with Crippen LogP contribution in [0.4, 0.5) is 0 Å². The summed E-state index contributed by atoms with van der Waals surface area (Å²) in [7, 11) is 1.75. The lowest BCUT2D eigenvalue weighted by molar-refractivity contribution is 0.756. The predicted molar refractivity (Wildman–Crippen MR) is 105 cm³/mol. The third kappa shape index (κ3) is 4.63. The highest BCUT2D eigenvalue weighted by atomic mass is 127. The van der Waals surface area contributed by atoms with E-state index >= 15 is 0 Å². The SMILES string of the molecule is CN=C(NCCc1cccnc1)NCc1nnc2ccccn12.I. The van der Waals surface area contributed by atoms with Crippen molar-refractivity contribution in [2.75, 3.05) is 13.6 Å². The van der Waals surface area contributed by atoms with Gasteiger partial charge >= 0.3 is 0 Å². The van der Waals surface area contributed by atoms with Crippen molar-refractivity contribution in [3.8, 4) is 0 Å². The number of nitrogens with zero attached hydrogens (tertiary/aromatic N) is 5. The van der Waals surface area contributed by atoms with Gasteiger partial charge in [-0.05, 0) is 30.2 Å². The van der Waals surface area contributed by atoms with E-state index in [1.165, 1.54) is 5.56 Å². The molecule has 0 aromatic carbocycles. The minimum absolute atomic E-state index is 0. The second-order valence-electron chi connectivity index (χ2n) is 5.01. The largest absolute Gasteiger partial charge is 0.356 e. The van der Waals surface area contributed by atoms with E-state index in [2.05, 4.69) is 36.9 Å². The van der Waals surface area contributed by atoms with Crippen molar-refractivity contribution in [1.29, 1.82) is 0 Å². The van der Waals surface area contributed by atoms with Crippen molar-refractivity contribution in [1.82, 2.24) is 30.2 Å². The molecule has 0 unspecified atom stereocenters. The van der Waals surface area contributed by atoms with Crippen molar-refractivity contribution >= 4 is 35.6 Å². The zero-order valence-corrected chi connectivity index (χ0v) is 15.7. The van der Waals surface area contributed by atoms with Gasteiger partial charge in [0.25, 0.3) is 0 Å². The monoisotopic (exact) mass is 437 g/mol. The Labute approximate surface area is 157 Å². The Morgan fingerprint density at radius 3 is 2.88 bits per heavy atom. The first-order valence-corrected chi connectivity index (χ1v) is 7.49. The minimum atomic E-state index is 0. The lowest BCUT2D eigenvalue weighted by Crippen LogP contribution is -2.38. The van der Waals surface area contributed by atoms with Gasteiger partial charge in [0, 0.05) is 32.2 Å². The molecule has 0 fully saturated rings. The van der Waals surface area contributed by atoms with Crippen LogP contribution in [0, 0.1) is 0 Å². The fraction of sp³-hybridized carbons (Fsp3) is 0.250. The topological polar surface area (TPSA) is 79.5 Å². The molecule has 126 valence electrons. The van der Waals surface area contributed by atoms with E-state index in [1.807, 2.05) is 41.1 Å². The summed E-state index contributed by atoms with van der Waals surface area (Å²) in [6, 6.07) is 9.84. The quantitative estimate of drug-likeness (QED) is 0.361. The summed E-state index contributed by atoms with van der Waals surface area (Å²) in [6.45, 7) is 1.34. The van der Waals surface area contributed by atoms with Crippen LogP contribution < -0.4 is 10.6 Å². The molecule has 0 aliphatic heterocycles. The van der Waals surface area contributed by atoms with Crippen molar-refractivity contribution < 1.29 is 0 Å². The molecule has 0 aliphatic carbocycles. The minimum Gasteiger partial charge on any atom is -0.356 e. The summed E-state index contributed by atoms with van der Waals surface area (Å²) < 4.78 is 1.95. The third-order valence-electron chi connectivity index (χ3n) is 3.45. The van der Waals surface area contributed by atoms with Gasteiger partial charge in [-0.2, -0.15) is 0 Å². The summed E-state index contributed by atoms with van der Waals surface area (Å²) >= 11 is 0. The molecule has 3 aromatic heterocycles. The van der Waals surface area contributed by atoms with Gasteiger partial charge in [0.05, 0.1) is 6.54 Å². The van der Waals surface area contributed by atoms with Crippen molar-refractivity contribution in [3.63, 3.8) is 0 Å². The van der Waals surface area contributed by atoms with Gasteiger partial charge in [-0.15, -0.1) is 34.2 Å². The first-order chi connectivity index (χ1) is 11.4. The highest BCUT2D eigenvalue weighted by Crippen LogP contribution is 2.02. The fourth-order valence-electron chi connectivity index (χ4n) is 2.27. The van der Waals surface area contributed by atoms with E-state index in [9.17, 15) is 0 Å². The number of fused-ring (bicyclic) bond motifs is 1. The Morgan fingerprint density at radius 1 is 1.17 bits per heavy atom. The summed E-state index contributed by atoms with van der Waals surface area (Å²) in [6.07, 6.45) is 6.49. The number of hydrogen-bond donors (Lipinski definition) is 2. The van der Waals surface area contributed by atoms with Crippen LogP contribution in [0.2, 0.25) is 0 Å². The summed E-state index contributed by atoms with van der Waals surface area (Å²) in [5.74, 6) is 1.58. The molecule has 24 heavy (non-hydrogen) atoms. The van der Waals surface area contributed by atoms with Crippen LogP contribution >= 0.6 is 24.0 Å². The molecule has 0 amide bonds. The fourth-order valence-corrected chi connectivity index (χ4v) is 2.27. The number of guanidine groups is 1. The molecule has 3 heterocycles. The second-order valence-corrected chi connectivity index (χ2v) is 5.01. The van der Waals surface area contributed by atoms with Crippen LogP contribution in [0.15, 0.2) is 53.9 Å².